The van der Waals surface area contributed by atoms with E-state index in [4.69, 9.17) is 0 Å². The summed E-state index contributed by atoms with van der Waals surface area (Å²) in [6.07, 6.45) is 4.25. The zero-order valence-electron chi connectivity index (χ0n) is 10.3. The zero-order chi connectivity index (χ0) is 12.0. The van der Waals surface area contributed by atoms with Gasteiger partial charge in [0, 0.05) is 12.6 Å². The van der Waals surface area contributed by atoms with Gasteiger partial charge in [-0.1, -0.05) is 20.3 Å². The Morgan fingerprint density at radius 3 is 2.69 bits per heavy atom. The number of aromatic nitrogens is 1. The normalized spacial score (nSPS) is 10.2. The number of amides is 1. The molecule has 1 amide bonds. The van der Waals surface area contributed by atoms with E-state index in [0.717, 1.165) is 31.4 Å². The van der Waals surface area contributed by atoms with Crippen LogP contribution in [0.3, 0.4) is 0 Å². The highest BCUT2D eigenvalue weighted by Crippen LogP contribution is 2.13. The summed E-state index contributed by atoms with van der Waals surface area (Å²) in [6, 6.07) is 4.07. The fourth-order valence-corrected chi connectivity index (χ4v) is 1.59. The van der Waals surface area contributed by atoms with E-state index in [-0.39, 0.29) is 5.91 Å². The minimum absolute atomic E-state index is 0.0674. The molecule has 0 aliphatic carbocycles. The second-order valence-corrected chi connectivity index (χ2v) is 3.99. The van der Waals surface area contributed by atoms with Crippen molar-refractivity contribution in [2.45, 2.75) is 46.5 Å². The summed E-state index contributed by atoms with van der Waals surface area (Å²) >= 11 is 0. The fourth-order valence-electron chi connectivity index (χ4n) is 1.59. The summed E-state index contributed by atoms with van der Waals surface area (Å²) < 4.78 is 0. The van der Waals surface area contributed by atoms with Gasteiger partial charge in [0.2, 0.25) is 5.91 Å². The maximum atomic E-state index is 11.0. The van der Waals surface area contributed by atoms with Crippen molar-refractivity contribution >= 4 is 11.7 Å². The number of hydrogen-bond donors (Lipinski definition) is 1. The smallest absolute Gasteiger partial charge is 0.222 e. The Labute approximate surface area is 97.3 Å². The summed E-state index contributed by atoms with van der Waals surface area (Å²) in [5.41, 5.74) is 2.30. The molecule has 1 aromatic heterocycles. The topological polar surface area (TPSA) is 42.0 Å². The van der Waals surface area contributed by atoms with Crippen LogP contribution < -0.4 is 5.32 Å². The third-order valence-corrected chi connectivity index (χ3v) is 2.44. The van der Waals surface area contributed by atoms with Crippen LogP contribution in [0.2, 0.25) is 0 Å². The molecule has 0 spiro atoms. The lowest BCUT2D eigenvalue weighted by Crippen LogP contribution is -2.09. The lowest BCUT2D eigenvalue weighted by molar-refractivity contribution is -0.114. The predicted molar refractivity (Wildman–Crippen MR) is 66.5 cm³/mol. The van der Waals surface area contributed by atoms with Crippen molar-refractivity contribution in [3.8, 4) is 0 Å². The Morgan fingerprint density at radius 2 is 2.12 bits per heavy atom. The van der Waals surface area contributed by atoms with Crippen molar-refractivity contribution in [2.24, 2.45) is 0 Å². The van der Waals surface area contributed by atoms with Crippen LogP contribution in [0.25, 0.3) is 0 Å². The van der Waals surface area contributed by atoms with E-state index >= 15 is 0 Å². The maximum absolute atomic E-state index is 11.0. The Hall–Kier alpha value is -1.38. The molecule has 0 aliphatic rings. The molecule has 1 rings (SSSR count). The van der Waals surface area contributed by atoms with Gasteiger partial charge in [-0.2, -0.15) is 0 Å². The van der Waals surface area contributed by atoms with Gasteiger partial charge in [-0.25, -0.2) is 4.98 Å². The van der Waals surface area contributed by atoms with Crippen molar-refractivity contribution in [2.75, 3.05) is 5.32 Å². The van der Waals surface area contributed by atoms with Crippen LogP contribution in [0.5, 0.6) is 0 Å². The van der Waals surface area contributed by atoms with Crippen LogP contribution in [0.4, 0.5) is 5.82 Å². The van der Waals surface area contributed by atoms with Gasteiger partial charge < -0.3 is 5.32 Å². The van der Waals surface area contributed by atoms with Crippen LogP contribution in [0.1, 0.15) is 44.9 Å². The monoisotopic (exact) mass is 220 g/mol. The molecule has 0 atom stereocenters. The van der Waals surface area contributed by atoms with Crippen LogP contribution in [-0.2, 0) is 17.6 Å². The van der Waals surface area contributed by atoms with Gasteiger partial charge in [0.05, 0.1) is 0 Å². The molecular weight excluding hydrogens is 200 g/mol. The van der Waals surface area contributed by atoms with Gasteiger partial charge in [0.15, 0.2) is 0 Å². The van der Waals surface area contributed by atoms with Gasteiger partial charge in [-0.3, -0.25) is 4.79 Å². The SMILES string of the molecule is CCCCc1cc(CC)cc(NC(C)=O)n1. The molecule has 0 bridgehead atoms. The Morgan fingerprint density at radius 1 is 1.38 bits per heavy atom. The van der Waals surface area contributed by atoms with Gasteiger partial charge in [0.1, 0.15) is 5.82 Å². The number of nitrogens with one attached hydrogen (secondary N) is 1. The van der Waals surface area contributed by atoms with E-state index in [0.29, 0.717) is 5.82 Å². The second kappa shape index (κ2) is 6.26. The highest BCUT2D eigenvalue weighted by atomic mass is 16.1. The largest absolute Gasteiger partial charge is 0.311 e. The highest BCUT2D eigenvalue weighted by molar-refractivity contribution is 5.87. The molecule has 0 fully saturated rings. The van der Waals surface area contributed by atoms with Gasteiger partial charge >= 0.3 is 0 Å². The van der Waals surface area contributed by atoms with Crippen LogP contribution >= 0.6 is 0 Å². The lowest BCUT2D eigenvalue weighted by Gasteiger charge is -2.07. The average molecular weight is 220 g/mol. The van der Waals surface area contributed by atoms with Crippen molar-refractivity contribution in [1.29, 1.82) is 0 Å². The number of carbonyl (C=O) groups excluding carboxylic acids is 1. The molecule has 1 N–H and O–H groups in total. The number of carbonyl (C=O) groups is 1. The minimum atomic E-state index is -0.0674. The molecule has 88 valence electrons. The summed E-state index contributed by atoms with van der Waals surface area (Å²) in [7, 11) is 0. The average Bonchev–Trinajstić information content (AvgIpc) is 2.25. The Balaban J connectivity index is 2.86. The summed E-state index contributed by atoms with van der Waals surface area (Å²) in [4.78, 5) is 15.4. The molecule has 0 aromatic carbocycles. The Bertz CT molecular complexity index is 361. The number of unbranched alkanes of at least 4 members (excludes halogenated alkanes) is 1. The van der Waals surface area contributed by atoms with Crippen LogP contribution in [0.15, 0.2) is 12.1 Å². The molecule has 3 nitrogen and oxygen atoms in total. The molecule has 0 aliphatic heterocycles. The minimum Gasteiger partial charge on any atom is -0.311 e. The number of rotatable bonds is 5. The van der Waals surface area contributed by atoms with Crippen molar-refractivity contribution in [3.63, 3.8) is 0 Å². The quantitative estimate of drug-likeness (QED) is 0.829. The number of pyridine rings is 1. The van der Waals surface area contributed by atoms with E-state index in [1.807, 2.05) is 6.07 Å². The number of hydrogen-bond acceptors (Lipinski definition) is 2. The zero-order valence-corrected chi connectivity index (χ0v) is 10.3. The molecule has 3 heteroatoms. The summed E-state index contributed by atoms with van der Waals surface area (Å²) in [5.74, 6) is 0.611. The highest BCUT2D eigenvalue weighted by Gasteiger charge is 2.03. The van der Waals surface area contributed by atoms with Gasteiger partial charge in [-0.15, -0.1) is 0 Å². The molecule has 0 saturated heterocycles. The van der Waals surface area contributed by atoms with Gasteiger partial charge in [0.25, 0.3) is 0 Å². The van der Waals surface area contributed by atoms with Crippen molar-refractivity contribution in [1.82, 2.24) is 4.98 Å². The standard InChI is InChI=1S/C13H20N2O/c1-4-6-7-12-8-11(5-2)9-13(15-12)14-10(3)16/h8-9H,4-7H2,1-3H3,(H,14,15,16). The molecule has 0 radical (unpaired) electrons. The number of nitrogens with zero attached hydrogens (tertiary/aromatic N) is 1. The lowest BCUT2D eigenvalue weighted by atomic mass is 10.1. The van der Waals surface area contributed by atoms with Crippen molar-refractivity contribution < 1.29 is 4.79 Å². The summed E-state index contributed by atoms with van der Waals surface area (Å²) in [5, 5.41) is 2.75. The van der Waals surface area contributed by atoms with E-state index in [1.54, 1.807) is 0 Å². The van der Waals surface area contributed by atoms with E-state index < -0.39 is 0 Å². The van der Waals surface area contributed by atoms with E-state index in [9.17, 15) is 4.79 Å². The van der Waals surface area contributed by atoms with Crippen LogP contribution in [-0.4, -0.2) is 10.9 Å². The Kier molecular flexibility index (Phi) is 4.96. The van der Waals surface area contributed by atoms with Crippen LogP contribution in [0, 0.1) is 0 Å². The second-order valence-electron chi connectivity index (χ2n) is 3.99. The first-order valence-corrected chi connectivity index (χ1v) is 5.93. The molecule has 0 saturated carbocycles. The third kappa shape index (κ3) is 4.01. The maximum Gasteiger partial charge on any atom is 0.222 e. The van der Waals surface area contributed by atoms with Gasteiger partial charge in [-0.05, 0) is 37.0 Å². The molecule has 1 heterocycles. The summed E-state index contributed by atoms with van der Waals surface area (Å²) in [6.45, 7) is 5.78. The number of aryl methyl sites for hydroxylation is 2. The van der Waals surface area contributed by atoms with Crippen molar-refractivity contribution in [3.05, 3.63) is 23.4 Å². The fraction of sp³-hybridized carbons (Fsp3) is 0.538. The van der Waals surface area contributed by atoms with E-state index in [1.165, 1.54) is 12.5 Å². The molecule has 0 unspecified atom stereocenters. The first kappa shape index (κ1) is 12.7. The number of anilines is 1. The predicted octanol–water partition coefficient (Wildman–Crippen LogP) is 2.95. The molecule has 16 heavy (non-hydrogen) atoms. The van der Waals surface area contributed by atoms with E-state index in [2.05, 4.69) is 30.2 Å². The molecule has 1 aromatic rings. The first-order valence-electron chi connectivity index (χ1n) is 5.93. The molecular formula is C13H20N2O. The third-order valence-electron chi connectivity index (χ3n) is 2.44. The first-order chi connectivity index (χ1) is 7.65.